The van der Waals surface area contributed by atoms with Crippen LogP contribution < -0.4 is 24.4 Å². The average molecular weight is 397 g/mol. The van der Waals surface area contributed by atoms with Gasteiger partial charge < -0.3 is 29.3 Å². The molecule has 0 unspecified atom stereocenters. The summed E-state index contributed by atoms with van der Waals surface area (Å²) in [6.45, 7) is 7.94. The average Bonchev–Trinajstić information content (AvgIpc) is 3.25. The van der Waals surface area contributed by atoms with Crippen LogP contribution in [0.1, 0.15) is 6.92 Å². The van der Waals surface area contributed by atoms with Gasteiger partial charge in [-0.3, -0.25) is 0 Å². The van der Waals surface area contributed by atoms with Gasteiger partial charge in [-0.05, 0) is 31.2 Å². The number of anilines is 1. The number of aliphatic imine (C=N–C) groups is 1. The molecule has 0 spiro atoms. The summed E-state index contributed by atoms with van der Waals surface area (Å²) >= 11 is 0. The summed E-state index contributed by atoms with van der Waals surface area (Å²) in [6.07, 6.45) is 1.84. The number of aromatic nitrogens is 1. The minimum absolute atomic E-state index is 0.267. The molecule has 2 aliphatic rings. The Balaban J connectivity index is 1.28. The second-order valence-electron chi connectivity index (χ2n) is 6.76. The van der Waals surface area contributed by atoms with Crippen LogP contribution in [-0.4, -0.2) is 68.5 Å². The van der Waals surface area contributed by atoms with E-state index < -0.39 is 0 Å². The van der Waals surface area contributed by atoms with Crippen molar-refractivity contribution in [3.05, 3.63) is 42.6 Å². The van der Waals surface area contributed by atoms with Gasteiger partial charge in [-0.25, -0.2) is 9.98 Å². The van der Waals surface area contributed by atoms with Crippen molar-refractivity contribution in [1.29, 1.82) is 0 Å². The Hall–Kier alpha value is -3.16. The van der Waals surface area contributed by atoms with Gasteiger partial charge in [0.05, 0.1) is 6.54 Å². The molecule has 154 valence electrons. The fourth-order valence-corrected chi connectivity index (χ4v) is 3.40. The largest absolute Gasteiger partial charge is 0.492 e. The highest BCUT2D eigenvalue weighted by molar-refractivity contribution is 5.80. The number of nitrogens with one attached hydrogen (secondary N) is 1. The number of benzene rings is 1. The molecule has 8 heteroatoms. The third-order valence-corrected chi connectivity index (χ3v) is 4.85. The third-order valence-electron chi connectivity index (χ3n) is 4.85. The van der Waals surface area contributed by atoms with Gasteiger partial charge >= 0.3 is 0 Å². The maximum Gasteiger partial charge on any atom is 0.231 e. The maximum absolute atomic E-state index is 5.82. The van der Waals surface area contributed by atoms with E-state index in [0.29, 0.717) is 13.2 Å². The van der Waals surface area contributed by atoms with E-state index in [1.165, 1.54) is 0 Å². The van der Waals surface area contributed by atoms with Gasteiger partial charge in [-0.15, -0.1) is 0 Å². The molecule has 0 amide bonds. The van der Waals surface area contributed by atoms with Gasteiger partial charge in [-0.1, -0.05) is 6.07 Å². The quantitative estimate of drug-likeness (QED) is 0.454. The molecule has 29 heavy (non-hydrogen) atoms. The minimum atomic E-state index is 0.267. The van der Waals surface area contributed by atoms with Crippen molar-refractivity contribution in [2.24, 2.45) is 4.99 Å². The Bertz CT molecular complexity index is 822. The second-order valence-corrected chi connectivity index (χ2v) is 6.76. The maximum atomic E-state index is 5.82. The predicted molar refractivity (Wildman–Crippen MR) is 112 cm³/mol. The van der Waals surface area contributed by atoms with Gasteiger partial charge in [0.1, 0.15) is 18.2 Å². The molecule has 1 fully saturated rings. The number of rotatable bonds is 6. The Labute approximate surface area is 171 Å². The topological polar surface area (TPSA) is 71.5 Å². The number of nitrogens with zero attached hydrogens (tertiary/aromatic N) is 4. The van der Waals surface area contributed by atoms with E-state index in [2.05, 4.69) is 33.1 Å². The monoisotopic (exact) mass is 397 g/mol. The molecule has 2 aliphatic heterocycles. The summed E-state index contributed by atoms with van der Waals surface area (Å²) in [7, 11) is 0. The van der Waals surface area contributed by atoms with Gasteiger partial charge in [0, 0.05) is 45.0 Å². The van der Waals surface area contributed by atoms with Crippen LogP contribution in [0.3, 0.4) is 0 Å². The first-order valence-corrected chi connectivity index (χ1v) is 10.0. The van der Waals surface area contributed by atoms with E-state index in [-0.39, 0.29) is 6.79 Å². The molecule has 0 radical (unpaired) electrons. The van der Waals surface area contributed by atoms with Crippen molar-refractivity contribution >= 4 is 11.8 Å². The SMILES string of the molecule is CCNC(=NCCOc1ccc2c(c1)OCO2)N1CCN(c2ccccn2)CC1. The van der Waals surface area contributed by atoms with Gasteiger partial charge in [-0.2, -0.15) is 0 Å². The second kappa shape index (κ2) is 9.36. The molecule has 0 saturated carbocycles. The standard InChI is InChI=1S/C21H27N5O3/c1-2-22-21(26-12-10-25(11-13-26)20-5-3-4-8-23-20)24-9-14-27-17-6-7-18-19(15-17)29-16-28-18/h3-8,15H,2,9-14,16H2,1H3,(H,22,24). The van der Waals surface area contributed by atoms with E-state index in [0.717, 1.165) is 61.7 Å². The van der Waals surface area contributed by atoms with Crippen molar-refractivity contribution < 1.29 is 14.2 Å². The zero-order valence-corrected chi connectivity index (χ0v) is 16.7. The van der Waals surface area contributed by atoms with Crippen molar-refractivity contribution in [3.63, 3.8) is 0 Å². The molecule has 1 aromatic carbocycles. The molecule has 1 N–H and O–H groups in total. The highest BCUT2D eigenvalue weighted by Gasteiger charge is 2.20. The highest BCUT2D eigenvalue weighted by Crippen LogP contribution is 2.35. The fraction of sp³-hybridized carbons (Fsp3) is 0.429. The van der Waals surface area contributed by atoms with Gasteiger partial charge in [0.2, 0.25) is 6.79 Å². The van der Waals surface area contributed by atoms with Crippen LogP contribution in [0, 0.1) is 0 Å². The van der Waals surface area contributed by atoms with Crippen molar-refractivity contribution in [2.45, 2.75) is 6.92 Å². The zero-order chi connectivity index (χ0) is 19.9. The molecule has 2 aromatic rings. The lowest BCUT2D eigenvalue weighted by Crippen LogP contribution is -2.52. The summed E-state index contributed by atoms with van der Waals surface area (Å²) < 4.78 is 16.5. The number of piperazine rings is 1. The number of pyridine rings is 1. The van der Waals surface area contributed by atoms with E-state index in [9.17, 15) is 0 Å². The molecule has 1 aromatic heterocycles. The molecule has 3 heterocycles. The predicted octanol–water partition coefficient (Wildman–Crippen LogP) is 1.98. The van der Waals surface area contributed by atoms with Crippen molar-refractivity contribution in [3.8, 4) is 17.2 Å². The molecule has 8 nitrogen and oxygen atoms in total. The van der Waals surface area contributed by atoms with Crippen LogP contribution in [0.15, 0.2) is 47.6 Å². The van der Waals surface area contributed by atoms with Crippen LogP contribution in [0.4, 0.5) is 5.82 Å². The molecule has 0 bridgehead atoms. The van der Waals surface area contributed by atoms with E-state index in [4.69, 9.17) is 19.2 Å². The Kier molecular flexibility index (Phi) is 6.19. The van der Waals surface area contributed by atoms with Gasteiger partial charge in [0.25, 0.3) is 0 Å². The number of hydrogen-bond donors (Lipinski definition) is 1. The molecule has 0 atom stereocenters. The number of ether oxygens (including phenoxy) is 3. The van der Waals surface area contributed by atoms with Crippen LogP contribution in [0.5, 0.6) is 17.2 Å². The number of hydrogen-bond acceptors (Lipinski definition) is 6. The zero-order valence-electron chi connectivity index (χ0n) is 16.7. The van der Waals surface area contributed by atoms with E-state index in [1.807, 2.05) is 36.5 Å². The van der Waals surface area contributed by atoms with E-state index in [1.54, 1.807) is 0 Å². The fourth-order valence-electron chi connectivity index (χ4n) is 3.40. The summed E-state index contributed by atoms with van der Waals surface area (Å²) in [5, 5.41) is 3.39. The van der Waals surface area contributed by atoms with Crippen LogP contribution in [0.25, 0.3) is 0 Å². The lowest BCUT2D eigenvalue weighted by molar-refractivity contribution is 0.173. The summed E-state index contributed by atoms with van der Waals surface area (Å²) in [5.41, 5.74) is 0. The Morgan fingerprint density at radius 2 is 2.00 bits per heavy atom. The lowest BCUT2D eigenvalue weighted by atomic mass is 10.3. The summed E-state index contributed by atoms with van der Waals surface area (Å²) in [5.74, 6) is 4.21. The Morgan fingerprint density at radius 3 is 2.79 bits per heavy atom. The smallest absolute Gasteiger partial charge is 0.231 e. The van der Waals surface area contributed by atoms with Crippen molar-refractivity contribution in [2.75, 3.05) is 57.6 Å². The first-order chi connectivity index (χ1) is 14.3. The van der Waals surface area contributed by atoms with Crippen LogP contribution in [-0.2, 0) is 0 Å². The van der Waals surface area contributed by atoms with Crippen LogP contribution >= 0.6 is 0 Å². The lowest BCUT2D eigenvalue weighted by Gasteiger charge is -2.37. The van der Waals surface area contributed by atoms with E-state index >= 15 is 0 Å². The molecule has 0 aliphatic carbocycles. The minimum Gasteiger partial charge on any atom is -0.492 e. The molecular formula is C21H27N5O3. The normalized spacial score (nSPS) is 16.1. The first kappa shape index (κ1) is 19.2. The van der Waals surface area contributed by atoms with Crippen LogP contribution in [0.2, 0.25) is 0 Å². The number of guanidine groups is 1. The van der Waals surface area contributed by atoms with Gasteiger partial charge in [0.15, 0.2) is 17.5 Å². The third kappa shape index (κ3) is 4.82. The highest BCUT2D eigenvalue weighted by atomic mass is 16.7. The summed E-state index contributed by atoms with van der Waals surface area (Å²) in [4.78, 5) is 13.8. The summed E-state index contributed by atoms with van der Waals surface area (Å²) in [6, 6.07) is 11.6. The Morgan fingerprint density at radius 1 is 1.14 bits per heavy atom. The first-order valence-electron chi connectivity index (χ1n) is 10.0. The number of fused-ring (bicyclic) bond motifs is 1. The molecule has 1 saturated heterocycles. The molecule has 4 rings (SSSR count). The van der Waals surface area contributed by atoms with Crippen molar-refractivity contribution in [1.82, 2.24) is 15.2 Å². The molecular weight excluding hydrogens is 370 g/mol.